The Labute approximate surface area is 219 Å². The van der Waals surface area contributed by atoms with Gasteiger partial charge >= 0.3 is 17.6 Å². The van der Waals surface area contributed by atoms with Gasteiger partial charge in [-0.15, -0.1) is 10.2 Å². The maximum Gasteiger partial charge on any atom is 0.325 e. The number of non-ortho nitro benzene ring substituents is 1. The minimum absolute atomic E-state index is 0.0233. The van der Waals surface area contributed by atoms with Gasteiger partial charge in [-0.3, -0.25) is 34.6 Å². The largest absolute Gasteiger partial charge is 0.494 e. The molecule has 0 unspecified atom stereocenters. The molecule has 0 heterocycles. The third-order valence-corrected chi connectivity index (χ3v) is 4.90. The molecule has 1 amide bonds. The number of azo groups is 1. The standard InChI is InChI=1S/C22H21N7O10/c1-12(30)24-15-7-17(27(10-20(31)38-3)11-21(32)39-4)19(37-2)8-16(15)25-26-22-13(9-23)5-14(28(33)34)6-18(22)29(35)36/h5-8H,10-11H2,1-4H3,(H,24,30). The molecular weight excluding hydrogens is 522 g/mol. The predicted octanol–water partition coefficient (Wildman–Crippen LogP) is 2.91. The van der Waals surface area contributed by atoms with E-state index in [2.05, 4.69) is 25.0 Å². The Balaban J connectivity index is 2.75. The second kappa shape index (κ2) is 13.0. The fourth-order valence-electron chi connectivity index (χ4n) is 3.15. The van der Waals surface area contributed by atoms with E-state index in [1.807, 2.05) is 0 Å². The molecule has 0 atom stereocenters. The molecule has 0 spiro atoms. The minimum atomic E-state index is -0.960. The Morgan fingerprint density at radius 2 is 1.62 bits per heavy atom. The minimum Gasteiger partial charge on any atom is -0.494 e. The maximum absolute atomic E-state index is 12.0. The van der Waals surface area contributed by atoms with Gasteiger partial charge in [-0.1, -0.05) is 0 Å². The summed E-state index contributed by atoms with van der Waals surface area (Å²) in [5, 5.41) is 42.3. The number of benzene rings is 2. The van der Waals surface area contributed by atoms with Crippen LogP contribution in [0.25, 0.3) is 0 Å². The number of carbonyl (C=O) groups excluding carboxylic acids is 3. The molecule has 0 aliphatic rings. The fourth-order valence-corrected chi connectivity index (χ4v) is 3.15. The smallest absolute Gasteiger partial charge is 0.325 e. The lowest BCUT2D eigenvalue weighted by Crippen LogP contribution is -2.36. The van der Waals surface area contributed by atoms with Crippen molar-refractivity contribution in [2.45, 2.75) is 6.92 Å². The van der Waals surface area contributed by atoms with Crippen molar-refractivity contribution in [3.63, 3.8) is 0 Å². The van der Waals surface area contributed by atoms with E-state index >= 15 is 0 Å². The number of hydrogen-bond acceptors (Lipinski definition) is 14. The van der Waals surface area contributed by atoms with Crippen LogP contribution in [0.3, 0.4) is 0 Å². The van der Waals surface area contributed by atoms with Crippen molar-refractivity contribution in [2.75, 3.05) is 44.6 Å². The Kier molecular flexibility index (Phi) is 9.89. The quantitative estimate of drug-likeness (QED) is 0.187. The zero-order valence-corrected chi connectivity index (χ0v) is 21.0. The zero-order valence-electron chi connectivity index (χ0n) is 21.0. The second-order valence-corrected chi connectivity index (χ2v) is 7.42. The van der Waals surface area contributed by atoms with Crippen LogP contribution in [0.15, 0.2) is 34.5 Å². The SMILES string of the molecule is COC(=O)CN(CC(=O)OC)c1cc(NC(C)=O)c(N=Nc2c(C#N)cc([N+](=O)[O-])cc2[N+](=O)[O-])cc1OC. The monoisotopic (exact) mass is 543 g/mol. The van der Waals surface area contributed by atoms with Crippen LogP contribution >= 0.6 is 0 Å². The van der Waals surface area contributed by atoms with Gasteiger partial charge in [0, 0.05) is 19.1 Å². The van der Waals surface area contributed by atoms with Gasteiger partial charge in [0.25, 0.3) is 5.69 Å². The highest BCUT2D eigenvalue weighted by Gasteiger charge is 2.26. The average Bonchev–Trinajstić information content (AvgIpc) is 2.90. The van der Waals surface area contributed by atoms with E-state index in [9.17, 15) is 39.9 Å². The van der Waals surface area contributed by atoms with Gasteiger partial charge in [0.1, 0.15) is 30.6 Å². The molecule has 0 aromatic heterocycles. The van der Waals surface area contributed by atoms with Crippen LogP contribution < -0.4 is 15.0 Å². The zero-order chi connectivity index (χ0) is 29.3. The number of hydrogen-bond donors (Lipinski definition) is 1. The van der Waals surface area contributed by atoms with Crippen molar-refractivity contribution in [1.82, 2.24) is 0 Å². The normalized spacial score (nSPS) is 10.3. The molecule has 2 rings (SSSR count). The third-order valence-electron chi connectivity index (χ3n) is 4.90. The summed E-state index contributed by atoms with van der Waals surface area (Å²) in [6.07, 6.45) is 0. The number of anilines is 2. The van der Waals surface area contributed by atoms with E-state index in [0.717, 1.165) is 20.3 Å². The average molecular weight is 543 g/mol. The van der Waals surface area contributed by atoms with E-state index in [1.165, 1.54) is 31.1 Å². The highest BCUT2D eigenvalue weighted by atomic mass is 16.6. The number of nitro groups is 2. The van der Waals surface area contributed by atoms with E-state index in [0.29, 0.717) is 6.07 Å². The van der Waals surface area contributed by atoms with Crippen LogP contribution in [0.2, 0.25) is 0 Å². The number of nitrogens with zero attached hydrogens (tertiary/aromatic N) is 6. The number of ether oxygens (including phenoxy) is 3. The first-order chi connectivity index (χ1) is 18.4. The van der Waals surface area contributed by atoms with Crippen molar-refractivity contribution >= 4 is 52.0 Å². The first-order valence-electron chi connectivity index (χ1n) is 10.6. The summed E-state index contributed by atoms with van der Waals surface area (Å²) >= 11 is 0. The molecule has 39 heavy (non-hydrogen) atoms. The van der Waals surface area contributed by atoms with Gasteiger partial charge in [-0.25, -0.2) is 0 Å². The Morgan fingerprint density at radius 3 is 2.08 bits per heavy atom. The number of methoxy groups -OCH3 is 3. The van der Waals surface area contributed by atoms with Crippen LogP contribution in [-0.4, -0.2) is 62.1 Å². The number of amides is 1. The van der Waals surface area contributed by atoms with Gasteiger partial charge in [0.2, 0.25) is 5.91 Å². The highest BCUT2D eigenvalue weighted by Crippen LogP contribution is 2.41. The lowest BCUT2D eigenvalue weighted by atomic mass is 10.1. The summed E-state index contributed by atoms with van der Waals surface area (Å²) in [4.78, 5) is 57.9. The summed E-state index contributed by atoms with van der Waals surface area (Å²) < 4.78 is 14.7. The van der Waals surface area contributed by atoms with Crippen molar-refractivity contribution in [3.05, 3.63) is 50.1 Å². The predicted molar refractivity (Wildman–Crippen MR) is 132 cm³/mol. The summed E-state index contributed by atoms with van der Waals surface area (Å²) in [6.45, 7) is 0.353. The molecule has 0 saturated heterocycles. The number of nitriles is 1. The topological polar surface area (TPSA) is 229 Å². The van der Waals surface area contributed by atoms with Crippen LogP contribution in [0.5, 0.6) is 5.75 Å². The molecule has 0 saturated carbocycles. The first-order valence-corrected chi connectivity index (χ1v) is 10.6. The molecule has 1 N–H and O–H groups in total. The Hall–Kier alpha value is -5.66. The number of nitrogens with one attached hydrogen (secondary N) is 1. The van der Waals surface area contributed by atoms with Crippen LogP contribution in [0.4, 0.5) is 34.1 Å². The lowest BCUT2D eigenvalue weighted by Gasteiger charge is -2.25. The van der Waals surface area contributed by atoms with Crippen molar-refractivity contribution in [2.24, 2.45) is 10.2 Å². The summed E-state index contributed by atoms with van der Waals surface area (Å²) in [7, 11) is 3.56. The number of nitro benzene ring substituents is 2. The molecule has 2 aromatic rings. The van der Waals surface area contributed by atoms with Crippen LogP contribution in [-0.2, 0) is 23.9 Å². The Bertz CT molecular complexity index is 1380. The molecule has 0 radical (unpaired) electrons. The van der Waals surface area contributed by atoms with Gasteiger partial charge < -0.3 is 24.4 Å². The van der Waals surface area contributed by atoms with Crippen LogP contribution in [0, 0.1) is 31.6 Å². The lowest BCUT2D eigenvalue weighted by molar-refractivity contribution is -0.393. The van der Waals surface area contributed by atoms with Gasteiger partial charge in [0.15, 0.2) is 5.69 Å². The van der Waals surface area contributed by atoms with Gasteiger partial charge in [-0.05, 0) is 6.07 Å². The second-order valence-electron chi connectivity index (χ2n) is 7.42. The Morgan fingerprint density at radius 1 is 1.00 bits per heavy atom. The summed E-state index contributed by atoms with van der Waals surface area (Å²) in [5.41, 5.74) is -2.61. The molecule has 0 aliphatic heterocycles. The van der Waals surface area contributed by atoms with Crippen molar-refractivity contribution in [3.8, 4) is 11.8 Å². The number of rotatable bonds is 11. The number of carbonyl (C=O) groups is 3. The van der Waals surface area contributed by atoms with E-state index < -0.39 is 63.4 Å². The molecule has 17 heteroatoms. The fraction of sp³-hybridized carbons (Fsp3) is 0.273. The van der Waals surface area contributed by atoms with Gasteiger partial charge in [0.05, 0.1) is 54.2 Å². The summed E-state index contributed by atoms with van der Waals surface area (Å²) in [6, 6.07) is 5.59. The first kappa shape index (κ1) is 29.6. The molecule has 204 valence electrons. The van der Waals surface area contributed by atoms with Gasteiger partial charge in [-0.2, -0.15) is 5.26 Å². The highest BCUT2D eigenvalue weighted by molar-refractivity contribution is 5.94. The molecule has 0 aliphatic carbocycles. The van der Waals surface area contributed by atoms with E-state index in [-0.39, 0.29) is 22.8 Å². The molecule has 0 fully saturated rings. The third kappa shape index (κ3) is 7.42. The molecule has 2 aromatic carbocycles. The molecular formula is C22H21N7O10. The molecule has 0 bridgehead atoms. The number of esters is 2. The van der Waals surface area contributed by atoms with E-state index in [1.54, 1.807) is 6.07 Å². The maximum atomic E-state index is 12.0. The van der Waals surface area contributed by atoms with Crippen LogP contribution in [0.1, 0.15) is 12.5 Å². The van der Waals surface area contributed by atoms with Crippen molar-refractivity contribution < 1.29 is 38.4 Å². The molecule has 17 nitrogen and oxygen atoms in total. The summed E-state index contributed by atoms with van der Waals surface area (Å²) in [5.74, 6) is -1.95. The van der Waals surface area contributed by atoms with Crippen molar-refractivity contribution in [1.29, 1.82) is 5.26 Å². The van der Waals surface area contributed by atoms with E-state index in [4.69, 9.17) is 4.74 Å².